The average Bonchev–Trinajstić information content (AvgIpc) is 2.74. The van der Waals surface area contributed by atoms with Gasteiger partial charge < -0.3 is 15.5 Å². The van der Waals surface area contributed by atoms with Crippen LogP contribution in [-0.2, 0) is 11.2 Å². The molecule has 0 aliphatic carbocycles. The molecule has 1 fully saturated rings. The lowest BCUT2D eigenvalue weighted by atomic mass is 9.88. The van der Waals surface area contributed by atoms with Gasteiger partial charge in [-0.05, 0) is 56.4 Å². The maximum atomic E-state index is 13.3. The summed E-state index contributed by atoms with van der Waals surface area (Å²) in [5.74, 6) is -0.579. The summed E-state index contributed by atoms with van der Waals surface area (Å²) < 4.78 is 13.3. The van der Waals surface area contributed by atoms with Crippen LogP contribution in [0.5, 0.6) is 0 Å². The van der Waals surface area contributed by atoms with Gasteiger partial charge in [-0.2, -0.15) is 0 Å². The molecule has 2 N–H and O–H groups in total. The number of amides is 3. The minimum atomic E-state index is -0.302. The van der Waals surface area contributed by atoms with Gasteiger partial charge in [-0.15, -0.1) is 0 Å². The zero-order valence-corrected chi connectivity index (χ0v) is 17.6. The second-order valence-corrected chi connectivity index (χ2v) is 8.12. The summed E-state index contributed by atoms with van der Waals surface area (Å²) in [4.78, 5) is 27.3. The van der Waals surface area contributed by atoms with Crippen molar-refractivity contribution in [3.05, 3.63) is 71.5 Å². The Morgan fingerprint density at radius 2 is 1.77 bits per heavy atom. The molecule has 0 unspecified atom stereocenters. The fourth-order valence-corrected chi connectivity index (χ4v) is 3.89. The first-order chi connectivity index (χ1) is 14.4. The van der Waals surface area contributed by atoms with Crippen molar-refractivity contribution in [1.29, 1.82) is 0 Å². The van der Waals surface area contributed by atoms with Gasteiger partial charge in [0.2, 0.25) is 5.91 Å². The molecule has 0 aromatic heterocycles. The number of benzene rings is 2. The van der Waals surface area contributed by atoms with E-state index in [9.17, 15) is 14.0 Å². The molecule has 6 heteroatoms. The van der Waals surface area contributed by atoms with Gasteiger partial charge in [0.25, 0.3) is 0 Å². The van der Waals surface area contributed by atoms with Crippen LogP contribution in [0, 0.1) is 11.7 Å². The third-order valence-corrected chi connectivity index (χ3v) is 5.44. The minimum absolute atomic E-state index is 0.00792. The summed E-state index contributed by atoms with van der Waals surface area (Å²) in [6.07, 6.45) is 2.12. The highest BCUT2D eigenvalue weighted by Crippen LogP contribution is 2.33. The zero-order chi connectivity index (χ0) is 21.5. The Morgan fingerprint density at radius 3 is 2.43 bits per heavy atom. The second kappa shape index (κ2) is 10.2. The zero-order valence-electron chi connectivity index (χ0n) is 17.6. The van der Waals surface area contributed by atoms with Crippen molar-refractivity contribution >= 4 is 11.9 Å². The summed E-state index contributed by atoms with van der Waals surface area (Å²) in [5.41, 5.74) is 2.06. The number of nitrogens with one attached hydrogen (secondary N) is 2. The number of carbonyl (C=O) groups excluding carboxylic acids is 2. The van der Waals surface area contributed by atoms with Crippen LogP contribution in [0.2, 0.25) is 0 Å². The van der Waals surface area contributed by atoms with E-state index >= 15 is 0 Å². The first kappa shape index (κ1) is 21.8. The molecule has 3 amide bonds. The monoisotopic (exact) mass is 411 g/mol. The van der Waals surface area contributed by atoms with Crippen LogP contribution in [0.15, 0.2) is 54.6 Å². The van der Waals surface area contributed by atoms with Crippen molar-refractivity contribution in [3.63, 3.8) is 0 Å². The van der Waals surface area contributed by atoms with E-state index in [1.807, 2.05) is 44.2 Å². The van der Waals surface area contributed by atoms with Gasteiger partial charge in [-0.3, -0.25) is 4.79 Å². The summed E-state index contributed by atoms with van der Waals surface area (Å²) in [6.45, 7) is 4.72. The van der Waals surface area contributed by atoms with Crippen LogP contribution in [0.25, 0.3) is 0 Å². The van der Waals surface area contributed by atoms with Crippen molar-refractivity contribution in [3.8, 4) is 0 Å². The Bertz CT molecular complexity index is 839. The van der Waals surface area contributed by atoms with E-state index in [0.29, 0.717) is 25.9 Å². The lowest BCUT2D eigenvalue weighted by Gasteiger charge is -2.39. The average molecular weight is 412 g/mol. The first-order valence-electron chi connectivity index (χ1n) is 10.6. The maximum absolute atomic E-state index is 13.3. The van der Waals surface area contributed by atoms with Crippen LogP contribution in [0.1, 0.15) is 43.9 Å². The highest BCUT2D eigenvalue weighted by Gasteiger charge is 2.35. The molecule has 2 aromatic rings. The third-order valence-electron chi connectivity index (χ3n) is 5.44. The number of rotatable bonds is 6. The molecule has 0 saturated carbocycles. The van der Waals surface area contributed by atoms with Gasteiger partial charge in [0, 0.05) is 19.1 Å². The number of halogens is 1. The van der Waals surface area contributed by atoms with E-state index in [1.165, 1.54) is 17.7 Å². The van der Waals surface area contributed by atoms with Crippen LogP contribution in [0.4, 0.5) is 9.18 Å². The van der Waals surface area contributed by atoms with Crippen molar-refractivity contribution in [2.45, 2.75) is 45.2 Å². The van der Waals surface area contributed by atoms with E-state index < -0.39 is 0 Å². The molecule has 0 bridgehead atoms. The standard InChI is InChI=1S/C24H30FN3O2/c1-17(2)27-24(30)28-16-20(10-13-22(28)19-8-11-21(25)12-9-19)23(29)26-15-14-18-6-4-3-5-7-18/h3-9,11-12,17,20,22H,10,13-16H2,1-2H3,(H,26,29)(H,27,30)/t20-,22+/m0/s1. The van der Waals surface area contributed by atoms with Gasteiger partial charge in [0.15, 0.2) is 0 Å². The Labute approximate surface area is 177 Å². The molecule has 1 aliphatic heterocycles. The molecule has 0 radical (unpaired) electrons. The lowest BCUT2D eigenvalue weighted by molar-refractivity contribution is -0.126. The van der Waals surface area contributed by atoms with Crippen molar-refractivity contribution in [1.82, 2.24) is 15.5 Å². The molecule has 2 aromatic carbocycles. The molecule has 5 nitrogen and oxygen atoms in total. The van der Waals surface area contributed by atoms with E-state index in [0.717, 1.165) is 12.0 Å². The summed E-state index contributed by atoms with van der Waals surface area (Å²) >= 11 is 0. The molecular weight excluding hydrogens is 381 g/mol. The number of likely N-dealkylation sites (tertiary alicyclic amines) is 1. The molecule has 1 heterocycles. The number of piperidine rings is 1. The number of urea groups is 1. The molecule has 30 heavy (non-hydrogen) atoms. The minimum Gasteiger partial charge on any atom is -0.355 e. The highest BCUT2D eigenvalue weighted by molar-refractivity contribution is 5.81. The number of hydrogen-bond acceptors (Lipinski definition) is 2. The quantitative estimate of drug-likeness (QED) is 0.753. The van der Waals surface area contributed by atoms with E-state index in [2.05, 4.69) is 10.6 Å². The molecule has 1 aliphatic rings. The third kappa shape index (κ3) is 5.81. The van der Waals surface area contributed by atoms with E-state index in [1.54, 1.807) is 17.0 Å². The van der Waals surface area contributed by atoms with Crippen molar-refractivity contribution in [2.24, 2.45) is 5.92 Å². The fraction of sp³-hybridized carbons (Fsp3) is 0.417. The number of hydrogen-bond donors (Lipinski definition) is 2. The lowest BCUT2D eigenvalue weighted by Crippen LogP contribution is -2.51. The second-order valence-electron chi connectivity index (χ2n) is 8.12. The van der Waals surface area contributed by atoms with Crippen LogP contribution >= 0.6 is 0 Å². The van der Waals surface area contributed by atoms with Crippen LogP contribution in [-0.4, -0.2) is 36.0 Å². The molecule has 2 atom stereocenters. The molecule has 0 spiro atoms. The summed E-state index contributed by atoms with van der Waals surface area (Å²) in [5, 5.41) is 5.95. The van der Waals surface area contributed by atoms with Crippen molar-refractivity contribution in [2.75, 3.05) is 13.1 Å². The van der Waals surface area contributed by atoms with Gasteiger partial charge in [0.1, 0.15) is 5.82 Å². The number of carbonyl (C=O) groups is 2. The van der Waals surface area contributed by atoms with Gasteiger partial charge in [-0.1, -0.05) is 42.5 Å². The summed E-state index contributed by atoms with van der Waals surface area (Å²) in [7, 11) is 0. The van der Waals surface area contributed by atoms with Crippen molar-refractivity contribution < 1.29 is 14.0 Å². The predicted molar refractivity (Wildman–Crippen MR) is 115 cm³/mol. The van der Waals surface area contributed by atoms with Crippen LogP contribution in [0.3, 0.4) is 0 Å². The fourth-order valence-electron chi connectivity index (χ4n) is 3.89. The van der Waals surface area contributed by atoms with E-state index in [4.69, 9.17) is 0 Å². The predicted octanol–water partition coefficient (Wildman–Crippen LogP) is 4.06. The molecular formula is C24H30FN3O2. The van der Waals surface area contributed by atoms with Gasteiger partial charge >= 0.3 is 6.03 Å². The summed E-state index contributed by atoms with van der Waals surface area (Å²) in [6, 6.07) is 15.9. The molecule has 1 saturated heterocycles. The largest absolute Gasteiger partial charge is 0.355 e. The molecule has 3 rings (SSSR count). The van der Waals surface area contributed by atoms with Gasteiger partial charge in [-0.25, -0.2) is 9.18 Å². The molecule has 160 valence electrons. The normalized spacial score (nSPS) is 18.9. The Hall–Kier alpha value is -2.89. The smallest absolute Gasteiger partial charge is 0.318 e. The first-order valence-corrected chi connectivity index (χ1v) is 10.6. The SMILES string of the molecule is CC(C)NC(=O)N1C[C@@H](C(=O)NCCc2ccccc2)CC[C@@H]1c1ccc(F)cc1. The topological polar surface area (TPSA) is 61.4 Å². The Balaban J connectivity index is 1.64. The maximum Gasteiger partial charge on any atom is 0.318 e. The van der Waals surface area contributed by atoms with Crippen LogP contribution < -0.4 is 10.6 Å². The highest BCUT2D eigenvalue weighted by atomic mass is 19.1. The Kier molecular flexibility index (Phi) is 7.44. The van der Waals surface area contributed by atoms with E-state index in [-0.39, 0.29) is 35.8 Å². The van der Waals surface area contributed by atoms with Gasteiger partial charge in [0.05, 0.1) is 12.0 Å². The Morgan fingerprint density at radius 1 is 1.07 bits per heavy atom. The number of nitrogens with zero attached hydrogens (tertiary/aromatic N) is 1.